The molecule has 14 heteroatoms. The minimum Gasteiger partial charge on any atom is -0.490 e. The van der Waals surface area contributed by atoms with Crippen LogP contribution in [0.5, 0.6) is 17.5 Å². The highest BCUT2D eigenvalue weighted by Crippen LogP contribution is 2.42. The van der Waals surface area contributed by atoms with Crippen LogP contribution in [0.2, 0.25) is 0 Å². The van der Waals surface area contributed by atoms with Gasteiger partial charge in [-0.1, -0.05) is 0 Å². The number of nitrogens with zero attached hydrogens (tertiary/aromatic N) is 8. The fourth-order valence-corrected chi connectivity index (χ4v) is 5.23. The minimum absolute atomic E-state index is 0.245. The van der Waals surface area contributed by atoms with Gasteiger partial charge < -0.3 is 24.4 Å². The number of hydrogen-bond donors (Lipinski definition) is 1. The molecule has 4 aromatic rings. The maximum atomic E-state index is 15.1. The van der Waals surface area contributed by atoms with Crippen LogP contribution < -0.4 is 19.5 Å². The van der Waals surface area contributed by atoms with Crippen molar-refractivity contribution >= 4 is 11.6 Å². The zero-order chi connectivity index (χ0) is 29.4. The quantitative estimate of drug-likeness (QED) is 0.373. The molecule has 2 aliphatic heterocycles. The second-order valence-electron chi connectivity index (χ2n) is 10.6. The van der Waals surface area contributed by atoms with Crippen LogP contribution in [0.1, 0.15) is 32.7 Å². The molecular formula is C28H33F2N9O3. The first-order valence-electron chi connectivity index (χ1n) is 13.9. The van der Waals surface area contributed by atoms with E-state index in [0.29, 0.717) is 72.0 Å². The fourth-order valence-electron chi connectivity index (χ4n) is 5.23. The number of aryl methyl sites for hydroxylation is 1. The Bertz CT molecular complexity index is 1570. The molecule has 1 fully saturated rings. The number of rotatable bonds is 4. The first-order chi connectivity index (χ1) is 20.2. The van der Waals surface area contributed by atoms with Gasteiger partial charge >= 0.3 is 0 Å². The van der Waals surface area contributed by atoms with Crippen molar-refractivity contribution in [2.75, 3.05) is 38.7 Å². The maximum Gasteiger partial charge on any atom is 0.282 e. The molecule has 4 aromatic heterocycles. The predicted octanol–water partition coefficient (Wildman–Crippen LogP) is 4.34. The van der Waals surface area contributed by atoms with Crippen LogP contribution >= 0.6 is 0 Å². The molecule has 0 aliphatic carbocycles. The Morgan fingerprint density at radius 1 is 1.12 bits per heavy atom. The highest BCUT2D eigenvalue weighted by molar-refractivity contribution is 5.75. The molecular weight excluding hydrogens is 548 g/mol. The molecule has 2 aliphatic rings. The maximum absolute atomic E-state index is 15.1. The number of nitrogens with one attached hydrogen (secondary N) is 1. The summed E-state index contributed by atoms with van der Waals surface area (Å²) >= 11 is 0. The first-order valence-corrected chi connectivity index (χ1v) is 13.9. The Morgan fingerprint density at radius 3 is 2.79 bits per heavy atom. The van der Waals surface area contributed by atoms with Crippen LogP contribution in [0.4, 0.5) is 20.4 Å². The molecule has 12 nitrogen and oxygen atoms in total. The molecule has 6 rings (SSSR count). The second-order valence-corrected chi connectivity index (χ2v) is 10.6. The van der Waals surface area contributed by atoms with Gasteiger partial charge in [0, 0.05) is 50.2 Å². The third kappa shape index (κ3) is 5.45. The van der Waals surface area contributed by atoms with E-state index in [1.165, 1.54) is 4.68 Å². The standard InChI is InChI=1S/C28H33F2N9O3/c1-5-40-26-20(15-39(36-26)22-7-10-37(3)16-28(22,29)30)18-13-32-24-12-21(18)42-17(2)8-11-41-27-19(14-33-38(27)4)25-31-9-6-23(34-24)35-25/h6,9,12-15,17,22H,5,7-8,10-11,16H2,1-4H3,(H,31,32,34,35)/t17-,22?/m0/s1. The van der Waals surface area contributed by atoms with E-state index in [-0.39, 0.29) is 24.9 Å². The van der Waals surface area contributed by atoms with Gasteiger partial charge in [-0.2, -0.15) is 5.10 Å². The number of hydrogen-bond acceptors (Lipinski definition) is 10. The smallest absolute Gasteiger partial charge is 0.282 e. The van der Waals surface area contributed by atoms with Crippen LogP contribution in [0.25, 0.3) is 22.5 Å². The molecule has 222 valence electrons. The average molecular weight is 582 g/mol. The molecule has 1 unspecified atom stereocenters. The van der Waals surface area contributed by atoms with Crippen LogP contribution in [0.15, 0.2) is 36.9 Å². The summed E-state index contributed by atoms with van der Waals surface area (Å²) in [6.07, 6.45) is 7.10. The third-order valence-electron chi connectivity index (χ3n) is 7.34. The van der Waals surface area contributed by atoms with Crippen molar-refractivity contribution in [1.82, 2.24) is 39.4 Å². The monoisotopic (exact) mass is 581 g/mol. The Balaban J connectivity index is 1.39. The summed E-state index contributed by atoms with van der Waals surface area (Å²) in [5, 5.41) is 12.0. The van der Waals surface area contributed by atoms with Crippen molar-refractivity contribution < 1.29 is 23.0 Å². The van der Waals surface area contributed by atoms with E-state index in [4.69, 9.17) is 14.2 Å². The number of fused-ring (bicyclic) bond motifs is 6. The number of ether oxygens (including phenoxy) is 3. The SMILES string of the molecule is CCOc1nn(C2CCN(C)CC2(F)F)cc1-c1cnc2cc1O[C@@H](C)CCOc1c(cnn1C)-c1nccc(n1)N2. The number of likely N-dealkylation sites (tertiary alicyclic amines) is 1. The topological polar surface area (TPSA) is 117 Å². The van der Waals surface area contributed by atoms with Crippen molar-refractivity contribution in [3.63, 3.8) is 0 Å². The summed E-state index contributed by atoms with van der Waals surface area (Å²) in [4.78, 5) is 15.3. The van der Waals surface area contributed by atoms with Gasteiger partial charge in [-0.3, -0.25) is 4.68 Å². The number of aromatic nitrogens is 7. The molecule has 0 aromatic carbocycles. The molecule has 2 atom stereocenters. The van der Waals surface area contributed by atoms with Gasteiger partial charge in [0.1, 0.15) is 29.0 Å². The van der Waals surface area contributed by atoms with Crippen LogP contribution in [0.3, 0.4) is 0 Å². The summed E-state index contributed by atoms with van der Waals surface area (Å²) in [5.41, 5.74) is 1.77. The highest BCUT2D eigenvalue weighted by atomic mass is 19.3. The van der Waals surface area contributed by atoms with Gasteiger partial charge in [0.15, 0.2) is 5.82 Å². The molecule has 6 heterocycles. The normalized spacial score (nSPS) is 20.4. The van der Waals surface area contributed by atoms with Crippen molar-refractivity contribution in [3.8, 4) is 40.0 Å². The Morgan fingerprint density at radius 2 is 1.98 bits per heavy atom. The van der Waals surface area contributed by atoms with Gasteiger partial charge in [-0.15, -0.1) is 5.10 Å². The number of pyridine rings is 1. The highest BCUT2D eigenvalue weighted by Gasteiger charge is 2.45. The van der Waals surface area contributed by atoms with Crippen LogP contribution in [-0.2, 0) is 7.05 Å². The molecule has 0 amide bonds. The molecule has 0 spiro atoms. The molecule has 4 bridgehead atoms. The lowest BCUT2D eigenvalue weighted by Crippen LogP contribution is -2.47. The molecule has 0 radical (unpaired) electrons. The summed E-state index contributed by atoms with van der Waals surface area (Å²) in [7, 11) is 3.49. The van der Waals surface area contributed by atoms with E-state index in [1.54, 1.807) is 60.6 Å². The Kier molecular flexibility index (Phi) is 7.39. The van der Waals surface area contributed by atoms with E-state index < -0.39 is 12.0 Å². The molecule has 1 saturated heterocycles. The lowest BCUT2D eigenvalue weighted by molar-refractivity contribution is -0.101. The number of alkyl halides is 2. The largest absolute Gasteiger partial charge is 0.490 e. The second kappa shape index (κ2) is 11.2. The van der Waals surface area contributed by atoms with Crippen molar-refractivity contribution in [3.05, 3.63) is 36.9 Å². The first kappa shape index (κ1) is 27.8. The van der Waals surface area contributed by atoms with E-state index in [9.17, 15) is 0 Å². The van der Waals surface area contributed by atoms with Gasteiger partial charge in [-0.05, 0) is 33.4 Å². The zero-order valence-corrected chi connectivity index (χ0v) is 23.9. The Labute approximate surface area is 241 Å². The number of anilines is 2. The predicted molar refractivity (Wildman–Crippen MR) is 150 cm³/mol. The van der Waals surface area contributed by atoms with Crippen molar-refractivity contribution in [2.45, 2.75) is 44.8 Å². The number of halogens is 2. The van der Waals surface area contributed by atoms with E-state index in [1.807, 2.05) is 13.8 Å². The minimum atomic E-state index is -2.95. The van der Waals surface area contributed by atoms with Gasteiger partial charge in [-0.25, -0.2) is 28.4 Å². The summed E-state index contributed by atoms with van der Waals surface area (Å²) in [6.45, 7) is 4.64. The zero-order valence-electron chi connectivity index (χ0n) is 23.9. The lowest BCUT2D eigenvalue weighted by Gasteiger charge is -2.36. The fraction of sp³-hybridized carbons (Fsp3) is 0.464. The van der Waals surface area contributed by atoms with Gasteiger partial charge in [0.05, 0.1) is 37.6 Å². The van der Waals surface area contributed by atoms with Gasteiger partial charge in [0.25, 0.3) is 5.92 Å². The van der Waals surface area contributed by atoms with Gasteiger partial charge in [0.2, 0.25) is 11.8 Å². The lowest BCUT2D eigenvalue weighted by atomic mass is 10.0. The van der Waals surface area contributed by atoms with E-state index >= 15 is 8.78 Å². The number of piperidine rings is 1. The summed E-state index contributed by atoms with van der Waals surface area (Å²) in [5.74, 6) is -0.211. The summed E-state index contributed by atoms with van der Waals surface area (Å²) < 4.78 is 51.5. The summed E-state index contributed by atoms with van der Waals surface area (Å²) in [6, 6.07) is 2.39. The Hall–Kier alpha value is -4.33. The van der Waals surface area contributed by atoms with Crippen molar-refractivity contribution in [2.24, 2.45) is 7.05 Å². The third-order valence-corrected chi connectivity index (χ3v) is 7.34. The van der Waals surface area contributed by atoms with Crippen molar-refractivity contribution in [1.29, 1.82) is 0 Å². The molecule has 1 N–H and O–H groups in total. The van der Waals surface area contributed by atoms with E-state index in [0.717, 1.165) is 0 Å². The van der Waals surface area contributed by atoms with E-state index in [2.05, 4.69) is 30.5 Å². The van der Waals surface area contributed by atoms with Crippen LogP contribution in [-0.4, -0.2) is 84.8 Å². The molecule has 0 saturated carbocycles. The molecule has 42 heavy (non-hydrogen) atoms. The average Bonchev–Trinajstić information content (AvgIpc) is 3.51. The van der Waals surface area contributed by atoms with Crippen LogP contribution in [0, 0.1) is 0 Å².